The quantitative estimate of drug-likeness (QED) is 0.606. The van der Waals surface area contributed by atoms with Gasteiger partial charge in [0.25, 0.3) is 0 Å². The zero-order valence-electron chi connectivity index (χ0n) is 5.98. The van der Waals surface area contributed by atoms with Crippen LogP contribution in [0.5, 0.6) is 0 Å². The summed E-state index contributed by atoms with van der Waals surface area (Å²) in [6.45, 7) is 0. The van der Waals surface area contributed by atoms with Crippen LogP contribution in [0.3, 0.4) is 0 Å². The molecule has 0 aromatic carbocycles. The molecule has 2 rings (SSSR count). The van der Waals surface area contributed by atoms with E-state index in [1.54, 1.807) is 6.20 Å². The van der Waals surface area contributed by atoms with Crippen molar-refractivity contribution >= 4 is 23.4 Å². The van der Waals surface area contributed by atoms with E-state index >= 15 is 0 Å². The molecule has 0 saturated heterocycles. The number of hydrogen-bond acceptors (Lipinski definition) is 4. The molecule has 0 fully saturated rings. The third-order valence-electron chi connectivity index (χ3n) is 1.39. The van der Waals surface area contributed by atoms with Gasteiger partial charge < -0.3 is 5.32 Å². The lowest BCUT2D eigenvalue weighted by Gasteiger charge is -1.89. The summed E-state index contributed by atoms with van der Waals surface area (Å²) in [4.78, 5) is 18.0. The van der Waals surface area contributed by atoms with Gasteiger partial charge >= 0.3 is 0 Å². The molecule has 1 amide bonds. The molecule has 0 spiro atoms. The van der Waals surface area contributed by atoms with Crippen LogP contribution >= 0.6 is 0 Å². The number of anilines is 1. The van der Waals surface area contributed by atoms with Crippen molar-refractivity contribution in [3.8, 4) is 0 Å². The molecule has 0 aliphatic carbocycles. The fraction of sp³-hybridized carbons (Fsp3) is 0. The lowest BCUT2D eigenvalue weighted by atomic mass is 10.5. The van der Waals surface area contributed by atoms with Gasteiger partial charge in [-0.1, -0.05) is 0 Å². The molecule has 12 heavy (non-hydrogen) atoms. The lowest BCUT2D eigenvalue weighted by molar-refractivity contribution is -0.105. The van der Waals surface area contributed by atoms with Gasteiger partial charge in [0, 0.05) is 12.4 Å². The van der Waals surface area contributed by atoms with E-state index in [-0.39, 0.29) is 0 Å². The van der Waals surface area contributed by atoms with Crippen molar-refractivity contribution in [1.82, 2.24) is 20.2 Å². The van der Waals surface area contributed by atoms with Crippen LogP contribution < -0.4 is 5.32 Å². The lowest BCUT2D eigenvalue weighted by Crippen LogP contribution is -1.94. The van der Waals surface area contributed by atoms with Gasteiger partial charge in [-0.3, -0.25) is 9.89 Å². The van der Waals surface area contributed by atoms with Crippen LogP contribution in [0.2, 0.25) is 0 Å². The van der Waals surface area contributed by atoms with Crippen LogP contribution in [-0.4, -0.2) is 26.6 Å². The van der Waals surface area contributed by atoms with Crippen molar-refractivity contribution < 1.29 is 4.79 Å². The van der Waals surface area contributed by atoms with E-state index in [0.29, 0.717) is 23.4 Å². The molecule has 2 aromatic heterocycles. The highest BCUT2D eigenvalue weighted by Gasteiger charge is 2.04. The van der Waals surface area contributed by atoms with Gasteiger partial charge in [-0.15, -0.1) is 0 Å². The molecule has 2 N–H and O–H groups in total. The van der Waals surface area contributed by atoms with Crippen molar-refractivity contribution in [1.29, 1.82) is 0 Å². The molecular weight excluding hydrogens is 158 g/mol. The van der Waals surface area contributed by atoms with E-state index in [2.05, 4.69) is 25.5 Å². The van der Waals surface area contributed by atoms with E-state index in [4.69, 9.17) is 0 Å². The van der Waals surface area contributed by atoms with Crippen LogP contribution in [0.1, 0.15) is 0 Å². The number of nitrogens with one attached hydrogen (secondary N) is 2. The van der Waals surface area contributed by atoms with Crippen LogP contribution in [0.25, 0.3) is 11.2 Å². The topological polar surface area (TPSA) is 83.6 Å². The largest absolute Gasteiger partial charge is 0.310 e. The highest BCUT2D eigenvalue weighted by molar-refractivity contribution is 5.88. The SMILES string of the molecule is O=CNc1n[nH]c2nccnc12. The maximum atomic E-state index is 10.1. The maximum Gasteiger partial charge on any atom is 0.212 e. The molecule has 0 bridgehead atoms. The van der Waals surface area contributed by atoms with Gasteiger partial charge in [0.05, 0.1) is 0 Å². The van der Waals surface area contributed by atoms with Gasteiger partial charge in [-0.25, -0.2) is 9.97 Å². The van der Waals surface area contributed by atoms with Crippen molar-refractivity contribution in [3.63, 3.8) is 0 Å². The normalized spacial score (nSPS) is 10.0. The van der Waals surface area contributed by atoms with Gasteiger partial charge in [-0.05, 0) is 0 Å². The number of amides is 1. The minimum atomic E-state index is 0.396. The number of aromatic nitrogens is 4. The Labute approximate surface area is 67.0 Å². The first kappa shape index (κ1) is 6.71. The van der Waals surface area contributed by atoms with E-state index in [1.165, 1.54) is 6.20 Å². The molecule has 0 aliphatic rings. The minimum absolute atomic E-state index is 0.396. The molecule has 0 atom stereocenters. The Morgan fingerprint density at radius 2 is 2.25 bits per heavy atom. The van der Waals surface area contributed by atoms with E-state index in [0.717, 1.165) is 0 Å². The second kappa shape index (κ2) is 2.57. The average molecular weight is 163 g/mol. The zero-order valence-corrected chi connectivity index (χ0v) is 5.98. The van der Waals surface area contributed by atoms with Crippen molar-refractivity contribution in [2.45, 2.75) is 0 Å². The van der Waals surface area contributed by atoms with E-state index in [9.17, 15) is 4.79 Å². The van der Waals surface area contributed by atoms with E-state index in [1.807, 2.05) is 0 Å². The Morgan fingerprint density at radius 1 is 1.42 bits per heavy atom. The van der Waals surface area contributed by atoms with Crippen molar-refractivity contribution in [2.24, 2.45) is 0 Å². The fourth-order valence-electron chi connectivity index (χ4n) is 0.911. The number of hydrogen-bond donors (Lipinski definition) is 2. The van der Waals surface area contributed by atoms with Gasteiger partial charge in [-0.2, -0.15) is 5.10 Å². The molecule has 0 unspecified atom stereocenters. The molecule has 0 saturated carbocycles. The molecule has 6 heteroatoms. The summed E-state index contributed by atoms with van der Waals surface area (Å²) in [5.41, 5.74) is 1.12. The number of H-pyrrole nitrogens is 1. The summed E-state index contributed by atoms with van der Waals surface area (Å²) in [6.07, 6.45) is 3.63. The second-order valence-corrected chi connectivity index (χ2v) is 2.09. The van der Waals surface area contributed by atoms with Crippen LogP contribution in [0, 0.1) is 0 Å². The number of nitrogens with zero attached hydrogens (tertiary/aromatic N) is 3. The monoisotopic (exact) mass is 163 g/mol. The second-order valence-electron chi connectivity index (χ2n) is 2.09. The Balaban J connectivity index is 2.62. The van der Waals surface area contributed by atoms with Crippen LogP contribution in [0.15, 0.2) is 12.4 Å². The molecule has 2 aromatic rings. The zero-order chi connectivity index (χ0) is 8.39. The molecular formula is C6H5N5O. The first-order valence-electron chi connectivity index (χ1n) is 3.27. The van der Waals surface area contributed by atoms with Gasteiger partial charge in [0.1, 0.15) is 0 Å². The first-order chi connectivity index (χ1) is 5.92. The molecule has 0 radical (unpaired) electrons. The van der Waals surface area contributed by atoms with Gasteiger partial charge in [0.15, 0.2) is 17.0 Å². The molecule has 6 nitrogen and oxygen atoms in total. The summed E-state index contributed by atoms with van der Waals surface area (Å²) in [5, 5.41) is 8.83. The summed E-state index contributed by atoms with van der Waals surface area (Å²) < 4.78 is 0. The van der Waals surface area contributed by atoms with E-state index < -0.39 is 0 Å². The van der Waals surface area contributed by atoms with Crippen LogP contribution in [-0.2, 0) is 4.79 Å². The van der Waals surface area contributed by atoms with Gasteiger partial charge in [0.2, 0.25) is 6.41 Å². The fourth-order valence-corrected chi connectivity index (χ4v) is 0.911. The predicted molar refractivity (Wildman–Crippen MR) is 41.4 cm³/mol. The first-order valence-corrected chi connectivity index (χ1v) is 3.27. The molecule has 0 aliphatic heterocycles. The summed E-state index contributed by atoms with van der Waals surface area (Å²) in [7, 11) is 0. The smallest absolute Gasteiger partial charge is 0.212 e. The third kappa shape index (κ3) is 0.895. The number of carbonyl (C=O) groups is 1. The number of aromatic amines is 1. The maximum absolute atomic E-state index is 10.1. The third-order valence-corrected chi connectivity index (χ3v) is 1.39. The number of fused-ring (bicyclic) bond motifs is 1. The molecule has 2 heterocycles. The summed E-state index contributed by atoms with van der Waals surface area (Å²) in [5.74, 6) is 0.396. The Kier molecular flexibility index (Phi) is 1.44. The standard InChI is InChI=1S/C6H5N5O/c12-3-9-6-4-5(10-11-6)8-2-1-7-4/h1-3H,(H2,8,9,10,11,12). The van der Waals surface area contributed by atoms with Crippen molar-refractivity contribution in [2.75, 3.05) is 5.32 Å². The Bertz CT molecular complexity index is 409. The minimum Gasteiger partial charge on any atom is -0.310 e. The average Bonchev–Trinajstić information content (AvgIpc) is 2.50. The van der Waals surface area contributed by atoms with Crippen LogP contribution in [0.4, 0.5) is 5.82 Å². The highest BCUT2D eigenvalue weighted by atomic mass is 16.1. The summed E-state index contributed by atoms with van der Waals surface area (Å²) in [6, 6.07) is 0. The Hall–Kier alpha value is -1.98. The molecule has 60 valence electrons. The number of rotatable bonds is 2. The predicted octanol–water partition coefficient (Wildman–Crippen LogP) is -0.0788. The Morgan fingerprint density at radius 3 is 3.08 bits per heavy atom. The highest BCUT2D eigenvalue weighted by Crippen LogP contribution is 2.13. The number of carbonyl (C=O) groups excluding carboxylic acids is 1. The van der Waals surface area contributed by atoms with Crippen molar-refractivity contribution in [3.05, 3.63) is 12.4 Å². The summed E-state index contributed by atoms with van der Waals surface area (Å²) >= 11 is 0.